The van der Waals surface area contributed by atoms with Crippen molar-refractivity contribution in [3.8, 4) is 45.5 Å². The van der Waals surface area contributed by atoms with Gasteiger partial charge in [0, 0.05) is 11.8 Å². The van der Waals surface area contributed by atoms with Crippen molar-refractivity contribution in [3.63, 3.8) is 0 Å². The van der Waals surface area contributed by atoms with Crippen molar-refractivity contribution < 1.29 is 24.2 Å². The molecule has 0 spiro atoms. The van der Waals surface area contributed by atoms with Crippen LogP contribution in [-0.2, 0) is 16.1 Å². The van der Waals surface area contributed by atoms with Crippen LogP contribution in [0.5, 0.6) is 11.5 Å². The number of hydrogen-bond acceptors (Lipinski definition) is 9. The van der Waals surface area contributed by atoms with Crippen LogP contribution < -0.4 is 9.47 Å². The van der Waals surface area contributed by atoms with Gasteiger partial charge in [0.15, 0.2) is 16.8 Å². The van der Waals surface area contributed by atoms with Crippen LogP contribution >= 0.6 is 35.0 Å². The van der Waals surface area contributed by atoms with Gasteiger partial charge in [-0.05, 0) is 56.0 Å². The van der Waals surface area contributed by atoms with Crippen LogP contribution in [0.3, 0.4) is 0 Å². The summed E-state index contributed by atoms with van der Waals surface area (Å²) >= 11 is 14.9. The van der Waals surface area contributed by atoms with Crippen LogP contribution in [0.4, 0.5) is 0 Å². The van der Waals surface area contributed by atoms with E-state index in [4.69, 9.17) is 47.1 Å². The van der Waals surface area contributed by atoms with Gasteiger partial charge >= 0.3 is 0 Å². The second kappa shape index (κ2) is 13.3. The maximum Gasteiger partial charge on any atom is 0.187 e. The van der Waals surface area contributed by atoms with Crippen LogP contribution in [0.25, 0.3) is 34.0 Å². The van der Waals surface area contributed by atoms with Gasteiger partial charge in [-0.2, -0.15) is 4.73 Å². The molecule has 6 rings (SSSR count). The largest absolute Gasteiger partial charge is 0.491 e. The summed E-state index contributed by atoms with van der Waals surface area (Å²) in [7, 11) is 0. The monoisotopic (exact) mass is 664 g/mol. The molecule has 1 atom stereocenters. The lowest BCUT2D eigenvalue weighted by Gasteiger charge is -2.17. The van der Waals surface area contributed by atoms with Gasteiger partial charge in [-0.15, -0.1) is 0 Å². The molecule has 5 aromatic rings. The van der Waals surface area contributed by atoms with E-state index in [0.29, 0.717) is 58.1 Å². The smallest absolute Gasteiger partial charge is 0.187 e. The van der Waals surface area contributed by atoms with Gasteiger partial charge < -0.3 is 24.2 Å². The second-order valence-electron chi connectivity index (χ2n) is 10.7. The molecule has 0 amide bonds. The minimum absolute atomic E-state index is 0.135. The van der Waals surface area contributed by atoms with Crippen LogP contribution in [0.15, 0.2) is 84.1 Å². The molecule has 9 nitrogen and oxygen atoms in total. The Kier molecular flexibility index (Phi) is 9.21. The summed E-state index contributed by atoms with van der Waals surface area (Å²) in [6.45, 7) is 4.77. The minimum atomic E-state index is -0.658. The fraction of sp³-hybridized carbons (Fsp3) is 0.242. The van der Waals surface area contributed by atoms with Crippen molar-refractivity contribution >= 4 is 35.0 Å². The molecule has 0 bridgehead atoms. The third kappa shape index (κ3) is 7.05. The van der Waals surface area contributed by atoms with E-state index in [9.17, 15) is 5.21 Å². The molecular weight excluding hydrogens is 635 g/mol. The molecule has 0 unspecified atom stereocenters. The van der Waals surface area contributed by atoms with E-state index < -0.39 is 5.79 Å². The second-order valence-corrected chi connectivity index (χ2v) is 12.3. The first-order valence-corrected chi connectivity index (χ1v) is 16.1. The number of nitrogens with zero attached hydrogens (tertiary/aromatic N) is 4. The molecule has 45 heavy (non-hydrogen) atoms. The molecule has 1 saturated heterocycles. The summed E-state index contributed by atoms with van der Waals surface area (Å²) in [6.07, 6.45) is 3.31. The molecule has 3 aromatic carbocycles. The zero-order chi connectivity index (χ0) is 31.6. The molecule has 1 fully saturated rings. The number of hydrogen-bond donors (Lipinski definition) is 1. The van der Waals surface area contributed by atoms with E-state index in [1.165, 1.54) is 11.8 Å². The first kappa shape index (κ1) is 31.2. The van der Waals surface area contributed by atoms with Crippen molar-refractivity contribution in [2.24, 2.45) is 0 Å². The van der Waals surface area contributed by atoms with Crippen molar-refractivity contribution in [3.05, 3.63) is 94.6 Å². The number of benzene rings is 3. The summed E-state index contributed by atoms with van der Waals surface area (Å²) in [5, 5.41) is 12.7. The Morgan fingerprint density at radius 2 is 1.76 bits per heavy atom. The quantitative estimate of drug-likeness (QED) is 0.0902. The highest BCUT2D eigenvalue weighted by molar-refractivity contribution is 7.98. The van der Waals surface area contributed by atoms with Crippen molar-refractivity contribution in [2.45, 2.75) is 37.5 Å². The summed E-state index contributed by atoms with van der Waals surface area (Å²) in [5.41, 5.74) is 3.33. The van der Waals surface area contributed by atoms with Crippen molar-refractivity contribution in [1.82, 2.24) is 19.7 Å². The van der Waals surface area contributed by atoms with Crippen LogP contribution in [0.1, 0.15) is 19.4 Å². The number of ether oxygens (including phenoxy) is 4. The molecule has 12 heteroatoms. The molecule has 232 valence electrons. The van der Waals surface area contributed by atoms with Crippen molar-refractivity contribution in [2.75, 3.05) is 19.5 Å². The lowest BCUT2D eigenvalue weighted by Crippen LogP contribution is -2.25. The van der Waals surface area contributed by atoms with E-state index in [0.717, 1.165) is 10.3 Å². The standard InChI is InChI=1S/C33H30Cl2N4O5S/c1-33(2)43-19-24(44-33)18-42-23-15-25(34)28(26(35)16-23)31-38-29(27-12-13-36-32(37-27)45-3)30(39(31)40)21-10-7-11-22(14-21)41-17-20-8-5-4-6-9-20/h4-16,24,40H,17-19H2,1-3H3/t24-/m0/s1. The Morgan fingerprint density at radius 3 is 2.47 bits per heavy atom. The predicted octanol–water partition coefficient (Wildman–Crippen LogP) is 8.05. The van der Waals surface area contributed by atoms with E-state index >= 15 is 0 Å². The first-order chi connectivity index (χ1) is 21.7. The Bertz CT molecular complexity index is 1800. The molecule has 3 heterocycles. The normalized spacial score (nSPS) is 15.7. The van der Waals surface area contributed by atoms with Gasteiger partial charge in [-0.25, -0.2) is 15.0 Å². The fourth-order valence-corrected chi connectivity index (χ4v) is 5.93. The lowest BCUT2D eigenvalue weighted by molar-refractivity contribution is -0.141. The van der Waals surface area contributed by atoms with Gasteiger partial charge in [0.25, 0.3) is 0 Å². The Hall–Kier alpha value is -3.80. The third-order valence-corrected chi connectivity index (χ3v) is 8.17. The summed E-state index contributed by atoms with van der Waals surface area (Å²) in [6, 6.07) is 22.3. The average Bonchev–Trinajstić information content (AvgIpc) is 3.57. The molecule has 1 aliphatic rings. The summed E-state index contributed by atoms with van der Waals surface area (Å²) in [4.78, 5) is 13.8. The fourth-order valence-electron chi connectivity index (χ4n) is 4.94. The number of halogens is 2. The zero-order valence-corrected chi connectivity index (χ0v) is 27.1. The Morgan fingerprint density at radius 1 is 0.978 bits per heavy atom. The number of imidazole rings is 1. The molecule has 0 aliphatic carbocycles. The van der Waals surface area contributed by atoms with Gasteiger partial charge in [0.1, 0.15) is 42.2 Å². The molecular formula is C33H30Cl2N4O5S. The highest BCUT2D eigenvalue weighted by Crippen LogP contribution is 2.42. The third-order valence-electron chi connectivity index (χ3n) is 7.01. The first-order valence-electron chi connectivity index (χ1n) is 14.1. The summed E-state index contributed by atoms with van der Waals surface area (Å²) in [5.74, 6) is 0.544. The van der Waals surface area contributed by atoms with E-state index in [1.54, 1.807) is 24.4 Å². The average molecular weight is 666 g/mol. The molecule has 2 aromatic heterocycles. The van der Waals surface area contributed by atoms with Crippen LogP contribution in [0.2, 0.25) is 10.0 Å². The van der Waals surface area contributed by atoms with Gasteiger partial charge in [0.05, 0.1) is 27.9 Å². The molecule has 1 aliphatic heterocycles. The maximum absolute atomic E-state index is 11.7. The highest BCUT2D eigenvalue weighted by atomic mass is 35.5. The van der Waals surface area contributed by atoms with Crippen LogP contribution in [0, 0.1) is 0 Å². The van der Waals surface area contributed by atoms with Crippen LogP contribution in [-0.4, -0.2) is 56.3 Å². The lowest BCUT2D eigenvalue weighted by atomic mass is 10.1. The molecule has 0 radical (unpaired) electrons. The van der Waals surface area contributed by atoms with E-state index in [1.807, 2.05) is 74.7 Å². The van der Waals surface area contributed by atoms with Crippen molar-refractivity contribution in [1.29, 1.82) is 0 Å². The van der Waals surface area contributed by atoms with Gasteiger partial charge in [-0.1, -0.05) is 77.4 Å². The zero-order valence-electron chi connectivity index (χ0n) is 24.7. The van der Waals surface area contributed by atoms with E-state index in [2.05, 4.69) is 9.97 Å². The predicted molar refractivity (Wildman–Crippen MR) is 174 cm³/mol. The number of aromatic nitrogens is 4. The van der Waals surface area contributed by atoms with Gasteiger partial charge in [-0.3, -0.25) is 0 Å². The molecule has 1 N–H and O–H groups in total. The SMILES string of the molecule is CSc1nccc(-c2nc(-c3c(Cl)cc(OC[C@H]4COC(C)(C)O4)cc3Cl)n(O)c2-c2cccc(OCc3ccccc3)c2)n1. The summed E-state index contributed by atoms with van der Waals surface area (Å²) < 4.78 is 24.4. The Labute approximate surface area is 275 Å². The number of rotatable bonds is 10. The Balaban J connectivity index is 1.37. The number of thioether (sulfide) groups is 1. The topological polar surface area (TPSA) is 101 Å². The van der Waals surface area contributed by atoms with E-state index in [-0.39, 0.29) is 28.6 Å². The maximum atomic E-state index is 11.7. The minimum Gasteiger partial charge on any atom is -0.491 e. The molecule has 0 saturated carbocycles. The van der Waals surface area contributed by atoms with Gasteiger partial charge in [0.2, 0.25) is 0 Å². The highest BCUT2D eigenvalue weighted by Gasteiger charge is 2.33.